The standard InChI is InChI=1S/C11H14NOS2/c1-12(8-15-7-11(12)13)9-5-3-4-6-10(9)14-2/h3-6H,7-8H2,1-2H3/q+1. The third kappa shape index (κ3) is 1.82. The molecule has 1 aliphatic heterocycles. The molecule has 15 heavy (non-hydrogen) atoms. The molecule has 2 nitrogen and oxygen atoms in total. The highest BCUT2D eigenvalue weighted by atomic mass is 32.2. The van der Waals surface area contributed by atoms with Crippen molar-refractivity contribution >= 4 is 35.1 Å². The summed E-state index contributed by atoms with van der Waals surface area (Å²) in [6.45, 7) is 0. The van der Waals surface area contributed by atoms with Crippen molar-refractivity contribution in [3.63, 3.8) is 0 Å². The average molecular weight is 240 g/mol. The molecule has 1 heterocycles. The molecular weight excluding hydrogens is 226 g/mol. The fraction of sp³-hybridized carbons (Fsp3) is 0.364. The lowest BCUT2D eigenvalue weighted by Gasteiger charge is -2.26. The number of quaternary nitrogens is 1. The van der Waals surface area contributed by atoms with Gasteiger partial charge in [0.05, 0.1) is 11.9 Å². The Kier molecular flexibility index (Phi) is 3.09. The smallest absolute Gasteiger partial charge is 0.229 e. The van der Waals surface area contributed by atoms with Gasteiger partial charge in [0, 0.05) is 6.07 Å². The predicted octanol–water partition coefficient (Wildman–Crippen LogP) is 2.58. The van der Waals surface area contributed by atoms with E-state index in [1.807, 2.05) is 19.2 Å². The van der Waals surface area contributed by atoms with Crippen LogP contribution in [0.25, 0.3) is 0 Å². The molecule has 0 spiro atoms. The van der Waals surface area contributed by atoms with Crippen LogP contribution in [-0.4, -0.2) is 30.8 Å². The fourth-order valence-electron chi connectivity index (χ4n) is 1.77. The van der Waals surface area contributed by atoms with Crippen LogP contribution in [0.2, 0.25) is 0 Å². The number of amides is 1. The molecule has 1 fully saturated rings. The first-order chi connectivity index (χ1) is 7.18. The van der Waals surface area contributed by atoms with E-state index in [-0.39, 0.29) is 0 Å². The summed E-state index contributed by atoms with van der Waals surface area (Å²) in [5.74, 6) is 1.80. The summed E-state index contributed by atoms with van der Waals surface area (Å²) in [5.41, 5.74) is 1.14. The number of carbonyl (C=O) groups excluding carboxylic acids is 1. The molecule has 0 N–H and O–H groups in total. The van der Waals surface area contributed by atoms with Crippen molar-refractivity contribution in [3.8, 4) is 0 Å². The van der Waals surface area contributed by atoms with Gasteiger partial charge in [0.2, 0.25) is 0 Å². The molecule has 1 saturated heterocycles. The maximum atomic E-state index is 11.9. The summed E-state index contributed by atoms with van der Waals surface area (Å²) >= 11 is 3.42. The van der Waals surface area contributed by atoms with Crippen molar-refractivity contribution in [1.82, 2.24) is 4.48 Å². The molecule has 4 heteroatoms. The summed E-state index contributed by atoms with van der Waals surface area (Å²) in [7, 11) is 2.01. The third-order valence-corrected chi connectivity index (χ3v) is 4.68. The molecular formula is C11H14NOS2+. The monoisotopic (exact) mass is 240 g/mol. The van der Waals surface area contributed by atoms with Gasteiger partial charge < -0.3 is 0 Å². The second kappa shape index (κ2) is 4.20. The van der Waals surface area contributed by atoms with Crippen molar-refractivity contribution in [2.24, 2.45) is 0 Å². The van der Waals surface area contributed by atoms with Gasteiger partial charge in [-0.1, -0.05) is 23.9 Å². The summed E-state index contributed by atoms with van der Waals surface area (Å²) in [4.78, 5) is 13.1. The Morgan fingerprint density at radius 1 is 1.40 bits per heavy atom. The molecule has 1 aromatic rings. The molecule has 1 unspecified atom stereocenters. The van der Waals surface area contributed by atoms with Gasteiger partial charge in [0.25, 0.3) is 0 Å². The Hall–Kier alpha value is -0.450. The first-order valence-corrected chi connectivity index (χ1v) is 7.16. The van der Waals surface area contributed by atoms with Gasteiger partial charge in [-0.2, -0.15) is 0 Å². The summed E-state index contributed by atoms with van der Waals surface area (Å²) in [6, 6.07) is 8.18. The Bertz CT molecular complexity index is 394. The molecule has 0 radical (unpaired) electrons. The first-order valence-electron chi connectivity index (χ1n) is 4.79. The van der Waals surface area contributed by atoms with E-state index in [9.17, 15) is 4.79 Å². The predicted molar refractivity (Wildman–Crippen MR) is 68.3 cm³/mol. The summed E-state index contributed by atoms with van der Waals surface area (Å²) in [6.07, 6.45) is 2.05. The zero-order chi connectivity index (χ0) is 10.9. The minimum absolute atomic E-state index is 0.307. The van der Waals surface area contributed by atoms with Gasteiger partial charge in [0.15, 0.2) is 5.69 Å². The molecule has 80 valence electrons. The Labute approximate surface area is 98.6 Å². The summed E-state index contributed by atoms with van der Waals surface area (Å²) in [5, 5.41) is 0. The minimum Gasteiger partial charge on any atom is -0.229 e. The average Bonchev–Trinajstić information content (AvgIpc) is 2.60. The van der Waals surface area contributed by atoms with Crippen LogP contribution in [0.15, 0.2) is 29.2 Å². The van der Waals surface area contributed by atoms with Crippen LogP contribution in [0.1, 0.15) is 0 Å². The van der Waals surface area contributed by atoms with Crippen molar-refractivity contribution in [2.45, 2.75) is 4.90 Å². The van der Waals surface area contributed by atoms with E-state index < -0.39 is 0 Å². The molecule has 0 bridgehead atoms. The number of carbonyl (C=O) groups is 1. The van der Waals surface area contributed by atoms with Gasteiger partial charge in [-0.3, -0.25) is 0 Å². The molecule has 1 amide bonds. The number of benzene rings is 1. The van der Waals surface area contributed by atoms with Crippen molar-refractivity contribution in [1.29, 1.82) is 0 Å². The number of nitrogens with zero attached hydrogens (tertiary/aromatic N) is 1. The van der Waals surface area contributed by atoms with E-state index in [4.69, 9.17) is 0 Å². The van der Waals surface area contributed by atoms with Gasteiger partial charge >= 0.3 is 5.91 Å². The van der Waals surface area contributed by atoms with Crippen LogP contribution in [0.4, 0.5) is 5.69 Å². The molecule has 1 atom stereocenters. The Balaban J connectivity index is 2.48. The van der Waals surface area contributed by atoms with Crippen LogP contribution in [0.3, 0.4) is 0 Å². The Morgan fingerprint density at radius 3 is 2.73 bits per heavy atom. The number of thioether (sulfide) groups is 2. The maximum absolute atomic E-state index is 11.9. The van der Waals surface area contributed by atoms with E-state index >= 15 is 0 Å². The highest BCUT2D eigenvalue weighted by molar-refractivity contribution is 8.00. The van der Waals surface area contributed by atoms with E-state index in [2.05, 4.69) is 18.4 Å². The second-order valence-corrected chi connectivity index (χ2v) is 5.54. The third-order valence-electron chi connectivity index (χ3n) is 2.74. The van der Waals surface area contributed by atoms with Crippen LogP contribution in [0, 0.1) is 0 Å². The van der Waals surface area contributed by atoms with E-state index in [0.717, 1.165) is 11.6 Å². The Morgan fingerprint density at radius 2 is 2.13 bits per heavy atom. The summed E-state index contributed by atoms with van der Waals surface area (Å²) < 4.78 is 0.446. The van der Waals surface area contributed by atoms with Crippen LogP contribution >= 0.6 is 23.5 Å². The van der Waals surface area contributed by atoms with Crippen LogP contribution < -0.4 is 4.48 Å². The van der Waals surface area contributed by atoms with E-state index in [0.29, 0.717) is 16.1 Å². The zero-order valence-corrected chi connectivity index (χ0v) is 10.5. The number of hydrogen-bond donors (Lipinski definition) is 0. The van der Waals surface area contributed by atoms with Crippen LogP contribution in [0.5, 0.6) is 0 Å². The molecule has 1 aliphatic rings. The normalized spacial score (nSPS) is 25.9. The van der Waals surface area contributed by atoms with Crippen molar-refractivity contribution in [3.05, 3.63) is 24.3 Å². The number of rotatable bonds is 2. The lowest BCUT2D eigenvalue weighted by atomic mass is 10.2. The largest absolute Gasteiger partial charge is 0.329 e. The maximum Gasteiger partial charge on any atom is 0.329 e. The van der Waals surface area contributed by atoms with Crippen molar-refractivity contribution < 1.29 is 4.79 Å². The molecule has 0 aromatic heterocycles. The molecule has 1 aromatic carbocycles. The SMILES string of the molecule is CSc1ccccc1[N+]1(C)CSCC1=O. The highest BCUT2D eigenvalue weighted by Gasteiger charge is 2.41. The molecule has 0 aliphatic carbocycles. The highest BCUT2D eigenvalue weighted by Crippen LogP contribution is 2.37. The molecule has 0 saturated carbocycles. The first kappa shape index (κ1) is 11.0. The minimum atomic E-state index is 0.307. The van der Waals surface area contributed by atoms with Crippen LogP contribution in [-0.2, 0) is 4.79 Å². The number of hydrogen-bond acceptors (Lipinski definition) is 3. The second-order valence-electron chi connectivity index (χ2n) is 3.73. The number of para-hydroxylation sites is 1. The molecule has 2 rings (SSSR count). The van der Waals surface area contributed by atoms with Gasteiger partial charge in [-0.25, -0.2) is 9.28 Å². The van der Waals surface area contributed by atoms with Gasteiger partial charge in [-0.15, -0.1) is 11.8 Å². The zero-order valence-electron chi connectivity index (χ0n) is 8.90. The van der Waals surface area contributed by atoms with Crippen molar-refractivity contribution in [2.75, 3.05) is 24.9 Å². The lowest BCUT2D eigenvalue weighted by Crippen LogP contribution is -2.46. The van der Waals surface area contributed by atoms with Gasteiger partial charge in [0.1, 0.15) is 11.6 Å². The quantitative estimate of drug-likeness (QED) is 0.584. The van der Waals surface area contributed by atoms with E-state index in [1.54, 1.807) is 23.5 Å². The fourth-order valence-corrected chi connectivity index (χ4v) is 3.66. The van der Waals surface area contributed by atoms with E-state index in [1.165, 1.54) is 4.90 Å². The lowest BCUT2D eigenvalue weighted by molar-refractivity contribution is -0.124. The van der Waals surface area contributed by atoms with Gasteiger partial charge in [-0.05, 0) is 12.3 Å². The topological polar surface area (TPSA) is 17.1 Å².